The third kappa shape index (κ3) is 2.69. The van der Waals surface area contributed by atoms with Gasteiger partial charge in [0.1, 0.15) is 5.60 Å². The molecule has 0 heterocycles. The number of carbonyl (C=O) groups excluding carboxylic acids is 1. The van der Waals surface area contributed by atoms with E-state index in [1.807, 2.05) is 60.7 Å². The molecule has 0 saturated heterocycles. The van der Waals surface area contributed by atoms with Crippen molar-refractivity contribution < 1.29 is 14.3 Å². The smallest absolute Gasteiger partial charge is 0.312 e. The minimum atomic E-state index is -0.538. The fraction of sp³-hybridized carbons (Fsp3) is 0.278. The van der Waals surface area contributed by atoms with Crippen LogP contribution >= 0.6 is 0 Å². The summed E-state index contributed by atoms with van der Waals surface area (Å²) < 4.78 is 11.0. The highest BCUT2D eigenvalue weighted by atomic mass is 16.5. The van der Waals surface area contributed by atoms with Crippen molar-refractivity contribution in [1.29, 1.82) is 0 Å². The van der Waals surface area contributed by atoms with Crippen molar-refractivity contribution in [2.45, 2.75) is 18.6 Å². The number of ether oxygens (including phenoxy) is 2. The average molecular weight is 282 g/mol. The average Bonchev–Trinajstić information content (AvgIpc) is 3.30. The second kappa shape index (κ2) is 5.70. The maximum Gasteiger partial charge on any atom is 0.312 e. The van der Waals surface area contributed by atoms with Crippen molar-refractivity contribution in [3.05, 3.63) is 71.8 Å². The molecule has 0 aliphatic heterocycles. The van der Waals surface area contributed by atoms with Crippen LogP contribution in [0.3, 0.4) is 0 Å². The van der Waals surface area contributed by atoms with Gasteiger partial charge < -0.3 is 9.47 Å². The van der Waals surface area contributed by atoms with Gasteiger partial charge in [0.15, 0.2) is 0 Å². The Labute approximate surface area is 124 Å². The topological polar surface area (TPSA) is 35.5 Å². The number of hydrogen-bond acceptors (Lipinski definition) is 3. The number of rotatable bonds is 5. The van der Waals surface area contributed by atoms with Gasteiger partial charge in [-0.15, -0.1) is 0 Å². The van der Waals surface area contributed by atoms with Crippen LogP contribution in [0.15, 0.2) is 60.7 Å². The van der Waals surface area contributed by atoms with E-state index in [-0.39, 0.29) is 11.9 Å². The normalized spacial score (nSPS) is 23.6. The molecule has 2 atom stereocenters. The summed E-state index contributed by atoms with van der Waals surface area (Å²) in [5.41, 5.74) is 1.60. The van der Waals surface area contributed by atoms with E-state index in [4.69, 9.17) is 9.47 Å². The van der Waals surface area contributed by atoms with Crippen LogP contribution in [0.2, 0.25) is 0 Å². The van der Waals surface area contributed by atoms with Gasteiger partial charge in [-0.2, -0.15) is 0 Å². The van der Waals surface area contributed by atoms with Gasteiger partial charge in [-0.05, 0) is 17.5 Å². The van der Waals surface area contributed by atoms with Crippen LogP contribution in [0.1, 0.15) is 17.5 Å². The van der Waals surface area contributed by atoms with E-state index in [0.29, 0.717) is 13.0 Å². The third-order valence-corrected chi connectivity index (χ3v) is 4.00. The molecule has 3 rings (SSSR count). The lowest BCUT2D eigenvalue weighted by Gasteiger charge is -2.19. The van der Waals surface area contributed by atoms with E-state index >= 15 is 0 Å². The fourth-order valence-electron chi connectivity index (χ4n) is 2.73. The van der Waals surface area contributed by atoms with Crippen LogP contribution in [0.4, 0.5) is 0 Å². The molecule has 1 aliphatic rings. The summed E-state index contributed by atoms with van der Waals surface area (Å²) in [7, 11) is 1.42. The van der Waals surface area contributed by atoms with Crippen molar-refractivity contribution in [1.82, 2.24) is 0 Å². The second-order valence-electron chi connectivity index (χ2n) is 5.31. The van der Waals surface area contributed by atoms with Gasteiger partial charge in [-0.25, -0.2) is 0 Å². The predicted molar refractivity (Wildman–Crippen MR) is 79.5 cm³/mol. The van der Waals surface area contributed by atoms with Crippen LogP contribution in [-0.4, -0.2) is 13.1 Å². The van der Waals surface area contributed by atoms with Crippen LogP contribution in [0, 0.1) is 5.92 Å². The summed E-state index contributed by atoms with van der Waals surface area (Å²) in [6.07, 6.45) is 0.677. The van der Waals surface area contributed by atoms with Crippen LogP contribution < -0.4 is 0 Å². The number of benzene rings is 2. The Kier molecular flexibility index (Phi) is 3.76. The van der Waals surface area contributed by atoms with E-state index in [2.05, 4.69) is 0 Å². The van der Waals surface area contributed by atoms with Crippen molar-refractivity contribution in [2.75, 3.05) is 7.11 Å². The fourth-order valence-corrected chi connectivity index (χ4v) is 2.73. The first kappa shape index (κ1) is 13.8. The highest BCUT2D eigenvalue weighted by Gasteiger charge is 2.61. The van der Waals surface area contributed by atoms with Gasteiger partial charge in [-0.1, -0.05) is 60.7 Å². The van der Waals surface area contributed by atoms with Crippen molar-refractivity contribution in [2.24, 2.45) is 5.92 Å². The first-order valence-electron chi connectivity index (χ1n) is 7.07. The molecule has 0 spiro atoms. The highest BCUT2D eigenvalue weighted by molar-refractivity contribution is 5.78. The molecule has 1 aliphatic carbocycles. The number of methoxy groups -OCH3 is 1. The van der Waals surface area contributed by atoms with Crippen molar-refractivity contribution in [3.63, 3.8) is 0 Å². The molecule has 2 aromatic carbocycles. The van der Waals surface area contributed by atoms with E-state index in [0.717, 1.165) is 11.1 Å². The number of hydrogen-bond donors (Lipinski definition) is 0. The van der Waals surface area contributed by atoms with Gasteiger partial charge in [-0.3, -0.25) is 4.79 Å². The van der Waals surface area contributed by atoms with Gasteiger partial charge in [0.2, 0.25) is 0 Å². The molecule has 0 bridgehead atoms. The maximum absolute atomic E-state index is 11.9. The molecule has 0 unspecified atom stereocenters. The highest BCUT2D eigenvalue weighted by Crippen LogP contribution is 2.56. The predicted octanol–water partition coefficient (Wildman–Crippen LogP) is 3.29. The SMILES string of the molecule is COC(=O)[C@@H]1C[C@@]1(OCc1ccccc1)c1ccccc1. The lowest BCUT2D eigenvalue weighted by molar-refractivity contribution is -0.145. The largest absolute Gasteiger partial charge is 0.469 e. The van der Waals surface area contributed by atoms with E-state index < -0.39 is 5.60 Å². The van der Waals surface area contributed by atoms with Crippen molar-refractivity contribution in [3.8, 4) is 0 Å². The molecule has 1 fully saturated rings. The number of esters is 1. The summed E-state index contributed by atoms with van der Waals surface area (Å²) in [5, 5.41) is 0. The molecule has 0 aromatic heterocycles. The first-order valence-corrected chi connectivity index (χ1v) is 7.07. The zero-order valence-corrected chi connectivity index (χ0v) is 12.0. The van der Waals surface area contributed by atoms with E-state index in [9.17, 15) is 4.79 Å². The first-order chi connectivity index (χ1) is 10.3. The third-order valence-electron chi connectivity index (χ3n) is 4.00. The Hall–Kier alpha value is -2.13. The standard InChI is InChI=1S/C18H18O3/c1-20-17(19)16-12-18(16,15-10-6-3-7-11-15)21-13-14-8-4-2-5-9-14/h2-11,16H,12-13H2,1H3/t16-,18+/m0/s1. The Bertz CT molecular complexity index is 609. The summed E-state index contributed by atoms with van der Waals surface area (Å²) in [5.74, 6) is -0.416. The summed E-state index contributed by atoms with van der Waals surface area (Å²) in [6, 6.07) is 19.9. The molecule has 21 heavy (non-hydrogen) atoms. The Morgan fingerprint density at radius 2 is 1.71 bits per heavy atom. The lowest BCUT2D eigenvalue weighted by atomic mass is 10.1. The van der Waals surface area contributed by atoms with Crippen LogP contribution in [-0.2, 0) is 26.5 Å². The van der Waals surface area contributed by atoms with Crippen LogP contribution in [0.5, 0.6) is 0 Å². The zero-order valence-electron chi connectivity index (χ0n) is 12.0. The zero-order chi connectivity index (χ0) is 14.7. The molecule has 0 radical (unpaired) electrons. The Morgan fingerprint density at radius 3 is 2.33 bits per heavy atom. The number of carbonyl (C=O) groups is 1. The quantitative estimate of drug-likeness (QED) is 0.789. The molecule has 108 valence electrons. The molecule has 0 N–H and O–H groups in total. The van der Waals surface area contributed by atoms with Gasteiger partial charge in [0.05, 0.1) is 19.6 Å². The Morgan fingerprint density at radius 1 is 1.10 bits per heavy atom. The molecular formula is C18H18O3. The lowest BCUT2D eigenvalue weighted by Crippen LogP contribution is -2.20. The maximum atomic E-state index is 11.9. The minimum Gasteiger partial charge on any atom is -0.469 e. The van der Waals surface area contributed by atoms with E-state index in [1.165, 1.54) is 7.11 Å². The molecule has 2 aromatic rings. The van der Waals surface area contributed by atoms with Gasteiger partial charge in [0.25, 0.3) is 0 Å². The molecule has 1 saturated carbocycles. The van der Waals surface area contributed by atoms with Gasteiger partial charge in [0, 0.05) is 0 Å². The molecule has 0 amide bonds. The molecule has 3 heteroatoms. The summed E-state index contributed by atoms with van der Waals surface area (Å²) in [6.45, 7) is 0.489. The minimum absolute atomic E-state index is 0.202. The van der Waals surface area contributed by atoms with Gasteiger partial charge >= 0.3 is 5.97 Å². The molecular weight excluding hydrogens is 264 g/mol. The second-order valence-corrected chi connectivity index (χ2v) is 5.31. The summed E-state index contributed by atoms with van der Waals surface area (Å²) in [4.78, 5) is 11.9. The Balaban J connectivity index is 1.80. The van der Waals surface area contributed by atoms with Crippen molar-refractivity contribution >= 4 is 5.97 Å². The van der Waals surface area contributed by atoms with E-state index in [1.54, 1.807) is 0 Å². The van der Waals surface area contributed by atoms with Crippen LogP contribution in [0.25, 0.3) is 0 Å². The summed E-state index contributed by atoms with van der Waals surface area (Å²) >= 11 is 0. The monoisotopic (exact) mass is 282 g/mol. The molecule has 3 nitrogen and oxygen atoms in total.